The van der Waals surface area contributed by atoms with Crippen molar-refractivity contribution in [3.8, 4) is 34.4 Å². The summed E-state index contributed by atoms with van der Waals surface area (Å²) < 4.78 is 24.5. The first-order chi connectivity index (χ1) is 50.5. The molecule has 9 aromatic rings. The fourth-order valence-electron chi connectivity index (χ4n) is 13.7. The molecule has 5 aliphatic heterocycles. The fourth-order valence-corrected chi connectivity index (χ4v) is 14.0. The third kappa shape index (κ3) is 17.3. The second-order valence-corrected chi connectivity index (χ2v) is 26.8. The number of aromatic nitrogens is 2. The Morgan fingerprint density at radius 3 is 1.40 bits per heavy atom. The molecule has 1 aromatic heterocycles. The summed E-state index contributed by atoms with van der Waals surface area (Å²) >= 11 is 11.8. The van der Waals surface area contributed by atoms with Crippen LogP contribution in [0.5, 0.6) is 28.7 Å². The number of rotatable bonds is 18. The molecule has 0 saturated carbocycles. The van der Waals surface area contributed by atoms with Crippen LogP contribution in [0, 0.1) is 0 Å². The molecular weight excluding hydrogens is 1360 g/mol. The van der Waals surface area contributed by atoms with Crippen molar-refractivity contribution in [1.82, 2.24) is 39.0 Å². The number of carbonyl (C=O) groups is 3. The topological polar surface area (TPSA) is 194 Å². The van der Waals surface area contributed by atoms with E-state index in [9.17, 15) is 24.3 Å². The molecule has 0 spiro atoms. The zero-order valence-electron chi connectivity index (χ0n) is 59.6. The maximum absolute atomic E-state index is 13.6. The lowest BCUT2D eigenvalue weighted by molar-refractivity contribution is -0.135. The number of aliphatic imine (C=N–C) groups is 2. The van der Waals surface area contributed by atoms with E-state index in [2.05, 4.69) is 75.6 Å². The number of nitrogens with zero attached hydrogens (tertiary/aromatic N) is 12. The number of benzene rings is 8. The Bertz CT molecular complexity index is 4590. The van der Waals surface area contributed by atoms with Crippen LogP contribution in [0.25, 0.3) is 16.6 Å². The smallest absolute Gasteiger partial charge is 0.266 e. The molecule has 104 heavy (non-hydrogen) atoms. The van der Waals surface area contributed by atoms with E-state index < -0.39 is 0 Å². The summed E-state index contributed by atoms with van der Waals surface area (Å²) in [5.41, 5.74) is 7.26. The van der Waals surface area contributed by atoms with Gasteiger partial charge in [-0.25, -0.2) is 15.0 Å². The van der Waals surface area contributed by atoms with Gasteiger partial charge in [0.25, 0.3) is 17.4 Å². The number of para-hydroxylation sites is 9. The van der Waals surface area contributed by atoms with Gasteiger partial charge < -0.3 is 48.6 Å². The maximum Gasteiger partial charge on any atom is 0.266 e. The standard InChI is InChI=1S/C29H31ClN4O3.C28H29ClN4O3.C24H28N4O3/c1-21(32-15-17-33(18-16-32)28(35)20-37-24-13-11-23(30)12-14-24)29-31-25-8-4-3-7-22(25)19-34(29)26-9-5-6-10-27(26)36-2;1-20(31-14-16-32(17-15-31)27(35)19-36-23-12-10-22(29)11-13-23)28-30-24-7-3-2-6-21(24)18-33(28)25-8-4-5-9-26(25)34;1-4-31-22-12-8-7-11-21(22)28-23(25-20-10-6-5-9-19(20)24(28)30)17(2)26-13-15-27(16-14-26)18(3)29/h3-14,21H,15-20H2,1-2H3;2-13,20,34H,14-19H2,1H3;5-12,17H,4,13-16H2,1-3H3. The molecule has 21 nitrogen and oxygen atoms in total. The molecule has 3 saturated heterocycles. The number of piperazine rings is 3. The van der Waals surface area contributed by atoms with Crippen molar-refractivity contribution in [2.75, 3.05) is 115 Å². The Morgan fingerprint density at radius 2 is 0.904 bits per heavy atom. The minimum absolute atomic E-state index is 0.000492. The number of anilines is 2. The summed E-state index contributed by atoms with van der Waals surface area (Å²) in [6, 6.07) is 60.8. The molecule has 540 valence electrons. The van der Waals surface area contributed by atoms with E-state index >= 15 is 0 Å². The van der Waals surface area contributed by atoms with Crippen molar-refractivity contribution in [2.24, 2.45) is 9.98 Å². The highest BCUT2D eigenvalue weighted by Gasteiger charge is 2.36. The molecule has 3 fully saturated rings. The third-order valence-corrected chi connectivity index (χ3v) is 20.1. The molecule has 14 rings (SSSR count). The van der Waals surface area contributed by atoms with E-state index in [0.29, 0.717) is 102 Å². The first kappa shape index (κ1) is 73.5. The molecule has 6 heterocycles. The van der Waals surface area contributed by atoms with Gasteiger partial charge in [-0.3, -0.25) is 38.4 Å². The van der Waals surface area contributed by atoms with Crippen molar-refractivity contribution < 1.29 is 38.4 Å². The third-order valence-electron chi connectivity index (χ3n) is 19.6. The number of aromatic hydroxyl groups is 1. The second kappa shape index (κ2) is 34.3. The van der Waals surface area contributed by atoms with Crippen molar-refractivity contribution in [1.29, 1.82) is 0 Å². The van der Waals surface area contributed by atoms with Gasteiger partial charge in [-0.15, -0.1) is 0 Å². The van der Waals surface area contributed by atoms with Crippen LogP contribution in [0.2, 0.25) is 10.0 Å². The van der Waals surface area contributed by atoms with E-state index in [0.717, 1.165) is 91.5 Å². The van der Waals surface area contributed by atoms with Gasteiger partial charge in [0.2, 0.25) is 5.91 Å². The number of amides is 3. The number of phenolic OH excluding ortho intramolecular Hbond substituents is 1. The van der Waals surface area contributed by atoms with Crippen LogP contribution in [-0.2, 0) is 27.5 Å². The van der Waals surface area contributed by atoms with Crippen LogP contribution in [0.1, 0.15) is 57.6 Å². The first-order valence-electron chi connectivity index (χ1n) is 35.4. The molecule has 1 N–H and O–H groups in total. The van der Waals surface area contributed by atoms with Gasteiger partial charge in [-0.05, 0) is 148 Å². The molecule has 3 atom stereocenters. The maximum atomic E-state index is 13.6. The van der Waals surface area contributed by atoms with E-state index in [1.54, 1.807) is 73.2 Å². The van der Waals surface area contributed by atoms with Crippen molar-refractivity contribution in [3.63, 3.8) is 0 Å². The zero-order valence-corrected chi connectivity index (χ0v) is 61.1. The highest BCUT2D eigenvalue weighted by molar-refractivity contribution is 6.30. The molecule has 0 aliphatic carbocycles. The van der Waals surface area contributed by atoms with Crippen LogP contribution < -0.4 is 34.3 Å². The molecule has 8 aromatic carbocycles. The Balaban J connectivity index is 0.000000147. The highest BCUT2D eigenvalue weighted by Crippen LogP contribution is 2.38. The van der Waals surface area contributed by atoms with E-state index in [4.69, 9.17) is 57.1 Å². The average Bonchev–Trinajstić information content (AvgIpc) is 0.763. The quantitative estimate of drug-likeness (QED) is 0.0852. The van der Waals surface area contributed by atoms with Gasteiger partial charge in [0.05, 0.1) is 84.3 Å². The summed E-state index contributed by atoms with van der Waals surface area (Å²) in [5.74, 6) is 5.56. The van der Waals surface area contributed by atoms with Crippen LogP contribution in [0.15, 0.2) is 209 Å². The molecule has 3 unspecified atom stereocenters. The molecular formula is C81H88Cl2N12O9. The second-order valence-electron chi connectivity index (χ2n) is 25.9. The van der Waals surface area contributed by atoms with Crippen LogP contribution in [0.3, 0.4) is 0 Å². The monoisotopic (exact) mass is 1440 g/mol. The van der Waals surface area contributed by atoms with Crippen LogP contribution in [-0.4, -0.2) is 191 Å². The average molecular weight is 1440 g/mol. The Hall–Kier alpha value is -10.3. The number of amidine groups is 2. The van der Waals surface area contributed by atoms with Gasteiger partial charge in [0, 0.05) is 95.5 Å². The largest absolute Gasteiger partial charge is 0.506 e. The minimum Gasteiger partial charge on any atom is -0.506 e. The number of halogens is 2. The van der Waals surface area contributed by atoms with E-state index in [1.807, 2.05) is 131 Å². The number of methoxy groups -OCH3 is 1. The lowest BCUT2D eigenvalue weighted by Crippen LogP contribution is -2.56. The number of carbonyl (C=O) groups excluding carboxylic acids is 3. The van der Waals surface area contributed by atoms with Crippen molar-refractivity contribution in [3.05, 3.63) is 231 Å². The first-order valence-corrected chi connectivity index (χ1v) is 36.1. The lowest BCUT2D eigenvalue weighted by atomic mass is 10.1. The Morgan fingerprint density at radius 1 is 0.481 bits per heavy atom. The Labute approximate surface area is 617 Å². The predicted octanol–water partition coefficient (Wildman–Crippen LogP) is 12.7. The highest BCUT2D eigenvalue weighted by atomic mass is 35.5. The summed E-state index contributed by atoms with van der Waals surface area (Å²) in [7, 11) is 1.70. The van der Waals surface area contributed by atoms with Gasteiger partial charge in [0.1, 0.15) is 46.2 Å². The predicted molar refractivity (Wildman–Crippen MR) is 410 cm³/mol. The lowest BCUT2D eigenvalue weighted by Gasteiger charge is -2.42. The molecule has 0 radical (unpaired) electrons. The SMILES string of the molecule is CC(C1=Nc2ccccc2CN1c1ccccc1O)N1CCN(C(=O)COc2ccc(Cl)cc2)CC1.CCOc1ccccc1-n1c(C(C)N2CCN(C(C)=O)CC2)nc2ccccc2c1=O.COc1ccccc1N1Cc2ccccc2N=C1C(C)N1CCN(C(=O)COc2ccc(Cl)cc2)CC1. The number of hydrogen-bond donors (Lipinski definition) is 1. The van der Waals surface area contributed by atoms with Crippen molar-refractivity contribution in [2.45, 2.75) is 65.8 Å². The molecule has 0 bridgehead atoms. The summed E-state index contributed by atoms with van der Waals surface area (Å²) in [6.07, 6.45) is 0. The van der Waals surface area contributed by atoms with E-state index in [1.165, 1.54) is 5.56 Å². The fraction of sp³-hybridized carbons (Fsp3) is 0.321. The summed E-state index contributed by atoms with van der Waals surface area (Å²) in [4.78, 5) is 82.8. The normalized spacial score (nSPS) is 16.4. The van der Waals surface area contributed by atoms with Crippen molar-refractivity contribution >= 4 is 86.2 Å². The van der Waals surface area contributed by atoms with Gasteiger partial charge in [-0.1, -0.05) is 108 Å². The zero-order chi connectivity index (χ0) is 72.8. The number of phenols is 1. The number of fused-ring (bicyclic) bond motifs is 3. The summed E-state index contributed by atoms with van der Waals surface area (Å²) in [6.45, 7) is 20.1. The van der Waals surface area contributed by atoms with Crippen LogP contribution >= 0.6 is 23.2 Å². The number of hydrogen-bond acceptors (Lipinski definition) is 17. The molecule has 3 amide bonds. The minimum atomic E-state index is -0.110. The number of ether oxygens (including phenoxy) is 4. The summed E-state index contributed by atoms with van der Waals surface area (Å²) in [5, 5.41) is 12.4. The van der Waals surface area contributed by atoms with Gasteiger partial charge >= 0.3 is 0 Å². The van der Waals surface area contributed by atoms with Crippen LogP contribution in [0.4, 0.5) is 22.7 Å². The van der Waals surface area contributed by atoms with Gasteiger partial charge in [-0.2, -0.15) is 0 Å². The van der Waals surface area contributed by atoms with Gasteiger partial charge in [0.15, 0.2) is 13.2 Å². The molecule has 5 aliphatic rings. The molecule has 23 heteroatoms. The van der Waals surface area contributed by atoms with E-state index in [-0.39, 0.29) is 60.4 Å². The Kier molecular flexibility index (Phi) is 24.2.